The standard InChI is InChI=1S/C22H23FN4O6S/c1-14(9-30-2)26-20(11-32-19-6-4-3-5-18(19)23)24-25-22(26)34-12-16-8-17(27(28)29)7-15-10-31-13-33-21(15)16/h3-8,14H,9-13H2,1-2H3. The van der Waals surface area contributed by atoms with Crippen molar-refractivity contribution in [3.05, 3.63) is 69.3 Å². The second-order valence-corrected chi connectivity index (χ2v) is 8.48. The zero-order valence-electron chi connectivity index (χ0n) is 18.6. The number of para-hydroxylation sites is 1. The number of halogens is 1. The maximum absolute atomic E-state index is 14.0. The Bertz CT molecular complexity index is 1170. The number of rotatable bonds is 10. The predicted octanol–water partition coefficient (Wildman–Crippen LogP) is 4.27. The maximum atomic E-state index is 14.0. The van der Waals surface area contributed by atoms with E-state index in [1.54, 1.807) is 25.3 Å². The molecule has 0 amide bonds. The van der Waals surface area contributed by atoms with Crippen LogP contribution in [0.5, 0.6) is 11.5 Å². The fourth-order valence-corrected chi connectivity index (χ4v) is 4.62. The molecule has 34 heavy (non-hydrogen) atoms. The molecule has 1 aliphatic heterocycles. The first-order valence-electron chi connectivity index (χ1n) is 10.4. The van der Waals surface area contributed by atoms with Crippen LogP contribution in [0, 0.1) is 15.9 Å². The summed E-state index contributed by atoms with van der Waals surface area (Å²) in [5.74, 6) is 1.10. The normalized spacial score (nSPS) is 13.7. The summed E-state index contributed by atoms with van der Waals surface area (Å²) < 4.78 is 37.6. The Morgan fingerprint density at radius 3 is 2.91 bits per heavy atom. The van der Waals surface area contributed by atoms with Gasteiger partial charge in [-0.3, -0.25) is 14.7 Å². The topological polar surface area (TPSA) is 111 Å². The van der Waals surface area contributed by atoms with Gasteiger partial charge in [-0.1, -0.05) is 23.9 Å². The average Bonchev–Trinajstić information content (AvgIpc) is 3.24. The first kappa shape index (κ1) is 23.9. The van der Waals surface area contributed by atoms with Crippen LogP contribution in [0.3, 0.4) is 0 Å². The molecule has 4 rings (SSSR count). The number of ether oxygens (including phenoxy) is 4. The molecule has 0 saturated heterocycles. The molecule has 3 aromatic rings. The number of fused-ring (bicyclic) bond motifs is 1. The summed E-state index contributed by atoms with van der Waals surface area (Å²) in [6.45, 7) is 2.67. The summed E-state index contributed by atoms with van der Waals surface area (Å²) in [6, 6.07) is 8.96. The largest absolute Gasteiger partial charge is 0.483 e. The van der Waals surface area contributed by atoms with Crippen LogP contribution in [0.1, 0.15) is 29.9 Å². The molecule has 0 N–H and O–H groups in total. The second kappa shape index (κ2) is 10.8. The molecular weight excluding hydrogens is 467 g/mol. The Balaban J connectivity index is 1.58. The van der Waals surface area contributed by atoms with Crippen LogP contribution in [0.4, 0.5) is 10.1 Å². The highest BCUT2D eigenvalue weighted by molar-refractivity contribution is 7.98. The second-order valence-electron chi connectivity index (χ2n) is 7.54. The number of methoxy groups -OCH3 is 1. The van der Waals surface area contributed by atoms with Gasteiger partial charge < -0.3 is 18.9 Å². The third-order valence-corrected chi connectivity index (χ3v) is 6.11. The number of benzene rings is 2. The van der Waals surface area contributed by atoms with Gasteiger partial charge in [0.15, 0.2) is 29.3 Å². The van der Waals surface area contributed by atoms with Gasteiger partial charge in [0, 0.05) is 36.1 Å². The Hall–Kier alpha value is -3.22. The SMILES string of the molecule is COCC(C)n1c(COc2ccccc2F)nnc1SCc1cc([N+](=O)[O-])cc2c1OCOC2. The molecule has 180 valence electrons. The number of nitro groups is 1. The Kier molecular flexibility index (Phi) is 7.60. The number of nitrogens with zero attached hydrogens (tertiary/aromatic N) is 4. The molecule has 0 bridgehead atoms. The first-order chi connectivity index (χ1) is 16.5. The van der Waals surface area contributed by atoms with Gasteiger partial charge >= 0.3 is 0 Å². The van der Waals surface area contributed by atoms with Gasteiger partial charge in [-0.2, -0.15) is 0 Å². The Labute approximate surface area is 199 Å². The van der Waals surface area contributed by atoms with Gasteiger partial charge in [-0.05, 0) is 19.1 Å². The zero-order chi connectivity index (χ0) is 24.1. The van der Waals surface area contributed by atoms with Crippen LogP contribution >= 0.6 is 11.8 Å². The Morgan fingerprint density at radius 1 is 1.32 bits per heavy atom. The minimum absolute atomic E-state index is 0.00913. The zero-order valence-corrected chi connectivity index (χ0v) is 19.4. The number of hydrogen-bond acceptors (Lipinski definition) is 9. The number of non-ortho nitro benzene ring substituents is 1. The Morgan fingerprint density at radius 2 is 2.15 bits per heavy atom. The number of nitro benzene ring substituents is 1. The van der Waals surface area contributed by atoms with Gasteiger partial charge in [0.1, 0.15) is 12.4 Å². The van der Waals surface area contributed by atoms with Gasteiger partial charge in [-0.25, -0.2) is 4.39 Å². The van der Waals surface area contributed by atoms with E-state index in [-0.39, 0.29) is 37.5 Å². The van der Waals surface area contributed by atoms with Crippen LogP contribution in [-0.4, -0.2) is 40.2 Å². The lowest BCUT2D eigenvalue weighted by atomic mass is 10.1. The smallest absolute Gasteiger partial charge is 0.270 e. The van der Waals surface area contributed by atoms with Gasteiger partial charge in [0.25, 0.3) is 5.69 Å². The minimum atomic E-state index is -0.465. The van der Waals surface area contributed by atoms with Crippen LogP contribution < -0.4 is 9.47 Å². The molecular formula is C22H23FN4O6S. The summed E-state index contributed by atoms with van der Waals surface area (Å²) in [4.78, 5) is 10.9. The van der Waals surface area contributed by atoms with Crippen LogP contribution in [0.2, 0.25) is 0 Å². The number of hydrogen-bond donors (Lipinski definition) is 0. The molecule has 1 aromatic heterocycles. The van der Waals surface area contributed by atoms with Crippen molar-refractivity contribution in [1.82, 2.24) is 14.8 Å². The highest BCUT2D eigenvalue weighted by atomic mass is 32.2. The molecule has 2 heterocycles. The first-order valence-corrected chi connectivity index (χ1v) is 11.4. The number of aromatic nitrogens is 3. The summed E-state index contributed by atoms with van der Waals surface area (Å²) in [5, 5.41) is 20.5. The minimum Gasteiger partial charge on any atom is -0.483 e. The van der Waals surface area contributed by atoms with Crippen molar-refractivity contribution >= 4 is 17.4 Å². The molecule has 10 nitrogen and oxygen atoms in total. The molecule has 1 aliphatic rings. The van der Waals surface area contributed by atoms with Crippen molar-refractivity contribution in [3.8, 4) is 11.5 Å². The third-order valence-electron chi connectivity index (χ3n) is 5.12. The van der Waals surface area contributed by atoms with Crippen molar-refractivity contribution in [2.24, 2.45) is 0 Å². The fraction of sp³-hybridized carbons (Fsp3) is 0.364. The highest BCUT2D eigenvalue weighted by Gasteiger charge is 2.23. The lowest BCUT2D eigenvalue weighted by Crippen LogP contribution is -2.17. The van der Waals surface area contributed by atoms with E-state index < -0.39 is 10.7 Å². The molecule has 1 unspecified atom stereocenters. The van der Waals surface area contributed by atoms with Gasteiger partial charge in [0.05, 0.1) is 24.2 Å². The van der Waals surface area contributed by atoms with Crippen LogP contribution in [-0.2, 0) is 28.4 Å². The third kappa shape index (κ3) is 5.29. The average molecular weight is 491 g/mol. The van der Waals surface area contributed by atoms with Gasteiger partial charge in [-0.15, -0.1) is 10.2 Å². The van der Waals surface area contributed by atoms with E-state index in [9.17, 15) is 14.5 Å². The maximum Gasteiger partial charge on any atom is 0.270 e. The van der Waals surface area contributed by atoms with Crippen LogP contribution in [0.25, 0.3) is 0 Å². The van der Waals surface area contributed by atoms with Crippen molar-refractivity contribution in [2.45, 2.75) is 37.1 Å². The molecule has 0 radical (unpaired) electrons. The van der Waals surface area contributed by atoms with Crippen molar-refractivity contribution < 1.29 is 28.3 Å². The molecule has 1 atom stereocenters. The van der Waals surface area contributed by atoms with Gasteiger partial charge in [0.2, 0.25) is 0 Å². The van der Waals surface area contributed by atoms with E-state index >= 15 is 0 Å². The highest BCUT2D eigenvalue weighted by Crippen LogP contribution is 2.36. The van der Waals surface area contributed by atoms with E-state index in [1.165, 1.54) is 30.0 Å². The van der Waals surface area contributed by atoms with E-state index in [0.29, 0.717) is 40.2 Å². The quantitative estimate of drug-likeness (QED) is 0.234. The summed E-state index contributed by atoms with van der Waals surface area (Å²) >= 11 is 1.35. The van der Waals surface area contributed by atoms with E-state index in [1.807, 2.05) is 11.5 Å². The van der Waals surface area contributed by atoms with Crippen LogP contribution in [0.15, 0.2) is 41.6 Å². The monoisotopic (exact) mass is 490 g/mol. The molecule has 12 heteroatoms. The number of thioether (sulfide) groups is 1. The van der Waals surface area contributed by atoms with E-state index in [2.05, 4.69) is 10.2 Å². The predicted molar refractivity (Wildman–Crippen MR) is 120 cm³/mol. The molecule has 0 saturated carbocycles. The molecule has 0 aliphatic carbocycles. The van der Waals surface area contributed by atoms with Crippen molar-refractivity contribution in [2.75, 3.05) is 20.5 Å². The van der Waals surface area contributed by atoms with E-state index in [4.69, 9.17) is 18.9 Å². The molecule has 0 spiro atoms. The summed E-state index contributed by atoms with van der Waals surface area (Å²) in [5.41, 5.74) is 1.26. The van der Waals surface area contributed by atoms with E-state index in [0.717, 1.165) is 0 Å². The summed E-state index contributed by atoms with van der Waals surface area (Å²) in [7, 11) is 1.60. The lowest BCUT2D eigenvalue weighted by molar-refractivity contribution is -0.385. The van der Waals surface area contributed by atoms with Crippen molar-refractivity contribution in [1.29, 1.82) is 0 Å². The summed E-state index contributed by atoms with van der Waals surface area (Å²) in [6.07, 6.45) is 0. The fourth-order valence-electron chi connectivity index (χ4n) is 3.60. The molecule has 0 fully saturated rings. The van der Waals surface area contributed by atoms with Crippen molar-refractivity contribution in [3.63, 3.8) is 0 Å². The lowest BCUT2D eigenvalue weighted by Gasteiger charge is -2.21. The molecule has 2 aromatic carbocycles.